The van der Waals surface area contributed by atoms with Gasteiger partial charge in [0.05, 0.1) is 22.1 Å². The van der Waals surface area contributed by atoms with Crippen LogP contribution in [0.25, 0.3) is 10.1 Å². The van der Waals surface area contributed by atoms with Crippen LogP contribution >= 0.6 is 22.9 Å². The summed E-state index contributed by atoms with van der Waals surface area (Å²) in [7, 11) is -1.55. The van der Waals surface area contributed by atoms with Gasteiger partial charge in [-0.25, -0.2) is 0 Å². The Bertz CT molecular complexity index is 2150. The maximum atomic E-state index is 9.87. The van der Waals surface area contributed by atoms with E-state index in [1.165, 1.54) is 26.8 Å². The molecule has 0 fully saturated rings. The molecule has 0 radical (unpaired) electrons. The molecule has 5 aromatic carbocycles. The average Bonchev–Trinajstić information content (AvgIpc) is 3.49. The number of rotatable bonds is 7. The second kappa shape index (κ2) is 13.8. The molecule has 0 aliphatic carbocycles. The van der Waals surface area contributed by atoms with Gasteiger partial charge in [0.25, 0.3) is 0 Å². The van der Waals surface area contributed by atoms with Crippen molar-refractivity contribution < 1.29 is 10.0 Å². The number of anilines is 6. The van der Waals surface area contributed by atoms with Crippen LogP contribution in [0, 0.1) is 0 Å². The van der Waals surface area contributed by atoms with E-state index in [1.54, 1.807) is 23.5 Å². The Kier molecular flexibility index (Phi) is 9.95. The molecule has 0 saturated heterocycles. The third-order valence-electron chi connectivity index (χ3n) is 9.51. The average molecular weight is 715 g/mol. The number of benzene rings is 5. The number of thiophene rings is 1. The zero-order valence-corrected chi connectivity index (χ0v) is 32.7. The van der Waals surface area contributed by atoms with Crippen LogP contribution in [0.4, 0.5) is 34.1 Å². The van der Waals surface area contributed by atoms with Gasteiger partial charge in [0.1, 0.15) is 0 Å². The molecule has 0 aliphatic heterocycles. The van der Waals surface area contributed by atoms with E-state index in [1.807, 2.05) is 12.1 Å². The second-order valence-electron chi connectivity index (χ2n) is 16.4. The van der Waals surface area contributed by atoms with E-state index in [-0.39, 0.29) is 16.2 Å². The molecule has 0 amide bonds. The van der Waals surface area contributed by atoms with Crippen molar-refractivity contribution in [3.63, 3.8) is 0 Å². The topological polar surface area (TPSA) is 46.9 Å². The van der Waals surface area contributed by atoms with Crippen molar-refractivity contribution in [3.8, 4) is 0 Å². The predicted octanol–water partition coefficient (Wildman–Crippen LogP) is 12.1. The van der Waals surface area contributed by atoms with Crippen molar-refractivity contribution in [1.29, 1.82) is 0 Å². The lowest BCUT2D eigenvalue weighted by Crippen LogP contribution is -2.29. The lowest BCUT2D eigenvalue weighted by atomic mass is 9.80. The van der Waals surface area contributed by atoms with Gasteiger partial charge in [0.2, 0.25) is 0 Å². The fourth-order valence-electron chi connectivity index (χ4n) is 6.36. The van der Waals surface area contributed by atoms with Crippen LogP contribution in [-0.2, 0) is 16.2 Å². The van der Waals surface area contributed by atoms with Gasteiger partial charge in [-0.3, -0.25) is 0 Å². The Hall–Kier alpha value is -4.07. The van der Waals surface area contributed by atoms with E-state index in [0.29, 0.717) is 10.5 Å². The predicted molar refractivity (Wildman–Crippen MR) is 222 cm³/mol. The van der Waals surface area contributed by atoms with E-state index in [9.17, 15) is 10.0 Å². The monoisotopic (exact) mass is 714 g/mol. The van der Waals surface area contributed by atoms with E-state index >= 15 is 0 Å². The van der Waals surface area contributed by atoms with Gasteiger partial charge in [-0.2, -0.15) is 0 Å². The third kappa shape index (κ3) is 7.61. The SMILES string of the molecule is CC(C)(C)c1ccc(N(c2cccc(N(c3ccc(B(O)O)cc3)c3cccc(C(C)(C)C)c3)c2Cl)c2csc3ccc(C(C)(C)C)cc23)cc1. The lowest BCUT2D eigenvalue weighted by molar-refractivity contribution is 0.426. The Balaban J connectivity index is 1.60. The minimum atomic E-state index is -1.55. The van der Waals surface area contributed by atoms with Crippen molar-refractivity contribution in [1.82, 2.24) is 0 Å². The summed E-state index contributed by atoms with van der Waals surface area (Å²) in [6.45, 7) is 20.1. The highest BCUT2D eigenvalue weighted by atomic mass is 35.5. The van der Waals surface area contributed by atoms with Crippen LogP contribution in [0.3, 0.4) is 0 Å². The van der Waals surface area contributed by atoms with Crippen LogP contribution in [0.15, 0.2) is 115 Å². The van der Waals surface area contributed by atoms with Crippen LogP contribution in [0.1, 0.15) is 79.0 Å². The first kappa shape index (κ1) is 36.7. The molecule has 6 aromatic rings. The van der Waals surface area contributed by atoms with Gasteiger partial charge in [-0.05, 0) is 99.1 Å². The highest BCUT2D eigenvalue weighted by Crippen LogP contribution is 2.49. The molecule has 2 N–H and O–H groups in total. The third-order valence-corrected chi connectivity index (χ3v) is 10.8. The Morgan fingerprint density at radius 3 is 1.63 bits per heavy atom. The molecule has 262 valence electrons. The van der Waals surface area contributed by atoms with Gasteiger partial charge in [0, 0.05) is 32.5 Å². The molecule has 4 nitrogen and oxygen atoms in total. The number of fused-ring (bicyclic) bond motifs is 1. The molecule has 0 bridgehead atoms. The summed E-state index contributed by atoms with van der Waals surface area (Å²) < 4.78 is 1.22. The first-order valence-corrected chi connectivity index (χ1v) is 18.8. The molecule has 0 aliphatic rings. The Labute approximate surface area is 313 Å². The maximum absolute atomic E-state index is 9.87. The van der Waals surface area contributed by atoms with Crippen molar-refractivity contribution >= 4 is 79.7 Å². The molecule has 0 atom stereocenters. The molecular weight excluding hydrogens is 667 g/mol. The van der Waals surface area contributed by atoms with Crippen LogP contribution in [0.5, 0.6) is 0 Å². The van der Waals surface area contributed by atoms with Gasteiger partial charge < -0.3 is 19.8 Å². The smallest absolute Gasteiger partial charge is 0.423 e. The van der Waals surface area contributed by atoms with Crippen molar-refractivity contribution in [2.45, 2.75) is 78.6 Å². The first-order chi connectivity index (χ1) is 23.9. The second-order valence-corrected chi connectivity index (χ2v) is 17.7. The number of halogens is 1. The Morgan fingerprint density at radius 2 is 1.04 bits per heavy atom. The summed E-state index contributed by atoms with van der Waals surface area (Å²) >= 11 is 9.42. The zero-order valence-electron chi connectivity index (χ0n) is 31.1. The fraction of sp³-hybridized carbons (Fsp3) is 0.273. The van der Waals surface area contributed by atoms with E-state index in [0.717, 1.165) is 34.1 Å². The molecule has 51 heavy (non-hydrogen) atoms. The summed E-state index contributed by atoms with van der Waals surface area (Å²) in [4.78, 5) is 4.44. The van der Waals surface area contributed by atoms with E-state index in [2.05, 4.69) is 162 Å². The summed E-state index contributed by atoms with van der Waals surface area (Å²) in [5.74, 6) is 0. The maximum Gasteiger partial charge on any atom is 0.488 e. The number of nitrogens with zero attached hydrogens (tertiary/aromatic N) is 2. The van der Waals surface area contributed by atoms with Crippen LogP contribution < -0.4 is 15.3 Å². The van der Waals surface area contributed by atoms with Gasteiger partial charge in [-0.1, -0.05) is 122 Å². The zero-order chi connectivity index (χ0) is 36.9. The van der Waals surface area contributed by atoms with Gasteiger partial charge in [-0.15, -0.1) is 11.3 Å². The van der Waals surface area contributed by atoms with Crippen molar-refractivity contribution in [3.05, 3.63) is 136 Å². The minimum Gasteiger partial charge on any atom is -0.423 e. The number of hydrogen-bond donors (Lipinski definition) is 2. The van der Waals surface area contributed by atoms with E-state index < -0.39 is 7.12 Å². The largest absolute Gasteiger partial charge is 0.488 e. The van der Waals surface area contributed by atoms with Crippen molar-refractivity contribution in [2.24, 2.45) is 0 Å². The van der Waals surface area contributed by atoms with Gasteiger partial charge >= 0.3 is 7.12 Å². The quantitative estimate of drug-likeness (QED) is 0.162. The first-order valence-electron chi connectivity index (χ1n) is 17.5. The van der Waals surface area contributed by atoms with Gasteiger partial charge in [0.15, 0.2) is 0 Å². The number of hydrogen-bond acceptors (Lipinski definition) is 5. The van der Waals surface area contributed by atoms with Crippen LogP contribution in [-0.4, -0.2) is 17.2 Å². The fourth-order valence-corrected chi connectivity index (χ4v) is 7.56. The molecule has 6 rings (SSSR count). The molecular formula is C44H48BClN2O2S. The highest BCUT2D eigenvalue weighted by molar-refractivity contribution is 7.17. The van der Waals surface area contributed by atoms with E-state index in [4.69, 9.17) is 11.6 Å². The summed E-state index contributed by atoms with van der Waals surface area (Å²) in [6, 6.07) is 37.7. The Morgan fingerprint density at radius 1 is 0.529 bits per heavy atom. The molecule has 1 heterocycles. The molecule has 0 unspecified atom stereocenters. The summed E-state index contributed by atoms with van der Waals surface area (Å²) in [6.07, 6.45) is 0. The van der Waals surface area contributed by atoms with Crippen LogP contribution in [0.2, 0.25) is 5.02 Å². The molecule has 7 heteroatoms. The molecule has 1 aromatic heterocycles. The standard InChI is InChI=1S/C44H48BClN2O2S/c1-42(2,3)29-16-21-34(22-17-29)48(39-28-51-40-25-18-31(27-36(39)40)44(7,8)9)38-15-11-14-37(41(38)46)47(33-23-19-32(20-24-33)45(49)50)35-13-10-12-30(26-35)43(4,5)6/h10-28,49-50H,1-9H3. The highest BCUT2D eigenvalue weighted by Gasteiger charge is 2.26. The minimum absolute atomic E-state index is 0.00609. The summed E-state index contributed by atoms with van der Waals surface area (Å²) in [5, 5.41) is 23.7. The normalized spacial score (nSPS) is 12.3. The summed E-state index contributed by atoms with van der Waals surface area (Å²) in [5.41, 5.74) is 9.66. The lowest BCUT2D eigenvalue weighted by Gasteiger charge is -2.32. The molecule has 0 spiro atoms. The molecule has 0 saturated carbocycles. The van der Waals surface area contributed by atoms with Crippen molar-refractivity contribution in [2.75, 3.05) is 9.80 Å².